The van der Waals surface area contributed by atoms with Gasteiger partial charge in [-0.15, -0.1) is 0 Å². The van der Waals surface area contributed by atoms with E-state index in [9.17, 15) is 18.5 Å². The minimum atomic E-state index is -3.57. The van der Waals surface area contributed by atoms with E-state index in [4.69, 9.17) is 0 Å². The van der Waals surface area contributed by atoms with Crippen molar-refractivity contribution in [2.45, 2.75) is 6.04 Å². The van der Waals surface area contributed by atoms with E-state index >= 15 is 0 Å². The smallest absolute Gasteiger partial charge is 0.270 e. The molecule has 0 aliphatic carbocycles. The van der Waals surface area contributed by atoms with Gasteiger partial charge in [-0.2, -0.15) is 0 Å². The maximum Gasteiger partial charge on any atom is 0.270 e. The van der Waals surface area contributed by atoms with Crippen molar-refractivity contribution in [2.75, 3.05) is 19.3 Å². The van der Waals surface area contributed by atoms with Crippen LogP contribution in [0.25, 0.3) is 4.91 Å². The number of benzene rings is 3. The molecule has 4 rings (SSSR count). The Morgan fingerprint density at radius 2 is 1.45 bits per heavy atom. The molecule has 31 heavy (non-hydrogen) atoms. The molecule has 6 nitrogen and oxygen atoms in total. The standard InChI is InChI=1S/C24H22N2O4S/c1-31(29,30)24(20-13-8-14-22(15-20)26(27)28)21-16-25(17-21)23(18-9-4-2-5-10-18)19-11-6-3-7-12-19/h2-15,23H,16-17H2,1H3. The molecule has 0 spiro atoms. The molecular formula is C24H22N2O4S. The minimum absolute atomic E-state index is 0.00271. The molecule has 1 heterocycles. The van der Waals surface area contributed by atoms with Crippen LogP contribution in [-0.2, 0) is 9.84 Å². The lowest BCUT2D eigenvalue weighted by molar-refractivity contribution is -0.384. The van der Waals surface area contributed by atoms with Crippen molar-refractivity contribution in [3.8, 4) is 0 Å². The topological polar surface area (TPSA) is 80.5 Å². The molecular weight excluding hydrogens is 412 g/mol. The van der Waals surface area contributed by atoms with Crippen LogP contribution in [0.2, 0.25) is 0 Å². The number of rotatable bonds is 6. The Morgan fingerprint density at radius 1 is 0.903 bits per heavy atom. The van der Waals surface area contributed by atoms with E-state index in [0.717, 1.165) is 23.0 Å². The summed E-state index contributed by atoms with van der Waals surface area (Å²) in [5, 5.41) is 11.2. The van der Waals surface area contributed by atoms with Crippen LogP contribution in [0, 0.1) is 10.1 Å². The SMILES string of the molecule is CS(=O)(=O)C(=C1CN(C(c2ccccc2)c2ccccc2)C1)c1cccc([N+](=O)[O-])c1. The number of likely N-dealkylation sites (tertiary alicyclic amines) is 1. The number of non-ortho nitro benzene ring substituents is 1. The van der Waals surface area contributed by atoms with Gasteiger partial charge in [0, 0.05) is 31.5 Å². The van der Waals surface area contributed by atoms with Crippen molar-refractivity contribution >= 4 is 20.4 Å². The van der Waals surface area contributed by atoms with Gasteiger partial charge in [-0.25, -0.2) is 8.42 Å². The zero-order valence-corrected chi connectivity index (χ0v) is 17.8. The predicted octanol–water partition coefficient (Wildman–Crippen LogP) is 4.46. The second-order valence-electron chi connectivity index (χ2n) is 7.64. The third-order valence-corrected chi connectivity index (χ3v) is 6.66. The highest BCUT2D eigenvalue weighted by atomic mass is 32.2. The predicted molar refractivity (Wildman–Crippen MR) is 121 cm³/mol. The molecule has 0 atom stereocenters. The Labute approximate surface area is 181 Å². The quantitative estimate of drug-likeness (QED) is 0.423. The first-order valence-electron chi connectivity index (χ1n) is 9.85. The Morgan fingerprint density at radius 3 is 1.94 bits per heavy atom. The van der Waals surface area contributed by atoms with Gasteiger partial charge in [0.2, 0.25) is 0 Å². The Hall–Kier alpha value is -3.29. The minimum Gasteiger partial charge on any atom is -0.284 e. The van der Waals surface area contributed by atoms with Crippen molar-refractivity contribution in [3.63, 3.8) is 0 Å². The molecule has 1 fully saturated rings. The average molecular weight is 435 g/mol. The van der Waals surface area contributed by atoms with Crippen LogP contribution in [0.3, 0.4) is 0 Å². The molecule has 0 saturated carbocycles. The van der Waals surface area contributed by atoms with E-state index < -0.39 is 14.8 Å². The van der Waals surface area contributed by atoms with Gasteiger partial charge in [0.15, 0.2) is 9.84 Å². The summed E-state index contributed by atoms with van der Waals surface area (Å²) < 4.78 is 25.2. The number of nitro benzene ring substituents is 1. The van der Waals surface area contributed by atoms with E-state index in [1.807, 2.05) is 36.4 Å². The second-order valence-corrected chi connectivity index (χ2v) is 9.59. The maximum atomic E-state index is 12.6. The molecule has 7 heteroatoms. The molecule has 158 valence electrons. The summed E-state index contributed by atoms with van der Waals surface area (Å²) in [4.78, 5) is 13.1. The maximum absolute atomic E-state index is 12.6. The lowest BCUT2D eigenvalue weighted by Crippen LogP contribution is -2.44. The van der Waals surface area contributed by atoms with Gasteiger partial charge in [-0.05, 0) is 22.3 Å². The summed E-state index contributed by atoms with van der Waals surface area (Å²) >= 11 is 0. The summed E-state index contributed by atoms with van der Waals surface area (Å²) in [5.74, 6) is 0. The highest BCUT2D eigenvalue weighted by molar-refractivity contribution is 8.00. The molecule has 1 aliphatic heterocycles. The van der Waals surface area contributed by atoms with Crippen LogP contribution in [0.5, 0.6) is 0 Å². The van der Waals surface area contributed by atoms with E-state index in [-0.39, 0.29) is 16.6 Å². The molecule has 0 bridgehead atoms. The van der Waals surface area contributed by atoms with Gasteiger partial charge in [0.1, 0.15) is 0 Å². The lowest BCUT2D eigenvalue weighted by atomic mass is 9.92. The third-order valence-electron chi connectivity index (χ3n) is 5.39. The average Bonchev–Trinajstić information content (AvgIpc) is 2.73. The van der Waals surface area contributed by atoms with Crippen LogP contribution in [0.15, 0.2) is 90.5 Å². The molecule has 0 amide bonds. The number of sulfone groups is 1. The Kier molecular flexibility index (Phi) is 5.71. The largest absolute Gasteiger partial charge is 0.284 e. The normalized spacial score (nSPS) is 14.3. The van der Waals surface area contributed by atoms with Gasteiger partial charge in [-0.3, -0.25) is 15.0 Å². The van der Waals surface area contributed by atoms with Crippen LogP contribution in [0.1, 0.15) is 22.7 Å². The molecule has 1 saturated heterocycles. The zero-order chi connectivity index (χ0) is 22.0. The molecule has 0 N–H and O–H groups in total. The molecule has 3 aromatic carbocycles. The number of hydrogen-bond acceptors (Lipinski definition) is 5. The molecule has 1 aliphatic rings. The van der Waals surface area contributed by atoms with Crippen molar-refractivity contribution < 1.29 is 13.3 Å². The monoisotopic (exact) mass is 434 g/mol. The number of nitro groups is 1. The summed E-state index contributed by atoms with van der Waals surface area (Å²) in [5.41, 5.74) is 3.26. The summed E-state index contributed by atoms with van der Waals surface area (Å²) in [7, 11) is -3.57. The first-order chi connectivity index (χ1) is 14.8. The zero-order valence-electron chi connectivity index (χ0n) is 17.0. The Bertz CT molecular complexity index is 1190. The van der Waals surface area contributed by atoms with E-state index in [1.54, 1.807) is 6.07 Å². The van der Waals surface area contributed by atoms with E-state index in [0.29, 0.717) is 18.7 Å². The fourth-order valence-corrected chi connectivity index (χ4v) is 5.30. The molecule has 0 unspecified atom stereocenters. The van der Waals surface area contributed by atoms with Crippen LogP contribution >= 0.6 is 0 Å². The van der Waals surface area contributed by atoms with Crippen molar-refractivity contribution in [1.82, 2.24) is 4.90 Å². The third kappa shape index (κ3) is 4.42. The molecule has 0 radical (unpaired) electrons. The van der Waals surface area contributed by atoms with Gasteiger partial charge >= 0.3 is 0 Å². The van der Waals surface area contributed by atoms with E-state index in [1.165, 1.54) is 18.2 Å². The van der Waals surface area contributed by atoms with Crippen LogP contribution < -0.4 is 0 Å². The Balaban J connectivity index is 1.72. The van der Waals surface area contributed by atoms with Crippen molar-refractivity contribution in [3.05, 3.63) is 117 Å². The summed E-state index contributed by atoms with van der Waals surface area (Å²) in [6.45, 7) is 0.944. The fraction of sp³-hybridized carbons (Fsp3) is 0.167. The summed E-state index contributed by atoms with van der Waals surface area (Å²) in [6, 6.07) is 26.0. The lowest BCUT2D eigenvalue weighted by Gasteiger charge is -2.42. The highest BCUT2D eigenvalue weighted by Crippen LogP contribution is 2.38. The second kappa shape index (κ2) is 8.45. The van der Waals surface area contributed by atoms with Crippen molar-refractivity contribution in [1.29, 1.82) is 0 Å². The van der Waals surface area contributed by atoms with Gasteiger partial charge in [0.05, 0.1) is 15.9 Å². The van der Waals surface area contributed by atoms with Gasteiger partial charge in [0.25, 0.3) is 5.69 Å². The first kappa shape index (κ1) is 21.0. The van der Waals surface area contributed by atoms with Crippen LogP contribution in [0.4, 0.5) is 5.69 Å². The molecule has 3 aromatic rings. The highest BCUT2D eigenvalue weighted by Gasteiger charge is 2.34. The van der Waals surface area contributed by atoms with Crippen molar-refractivity contribution in [2.24, 2.45) is 0 Å². The van der Waals surface area contributed by atoms with Crippen LogP contribution in [-0.4, -0.2) is 37.6 Å². The summed E-state index contributed by atoms with van der Waals surface area (Å²) in [6.07, 6.45) is 1.16. The van der Waals surface area contributed by atoms with Gasteiger partial charge < -0.3 is 0 Å². The fourth-order valence-electron chi connectivity index (χ4n) is 4.10. The van der Waals surface area contributed by atoms with E-state index in [2.05, 4.69) is 29.2 Å². The first-order valence-corrected chi connectivity index (χ1v) is 11.7. The van der Waals surface area contributed by atoms with Gasteiger partial charge in [-0.1, -0.05) is 72.8 Å². The number of hydrogen-bond donors (Lipinski definition) is 0. The number of nitrogens with zero attached hydrogens (tertiary/aromatic N) is 2. The molecule has 0 aromatic heterocycles.